The molecule has 7 heteroatoms. The van der Waals surface area contributed by atoms with Gasteiger partial charge in [-0.15, -0.1) is 0 Å². The summed E-state index contributed by atoms with van der Waals surface area (Å²) in [5, 5.41) is 0. The van der Waals surface area contributed by atoms with Gasteiger partial charge in [0.2, 0.25) is 0 Å². The Morgan fingerprint density at radius 3 is 0.936 bits per heavy atom. The summed E-state index contributed by atoms with van der Waals surface area (Å²) in [4.78, 5) is 5.42. The quantitative estimate of drug-likeness (QED) is 0.0472. The van der Waals surface area contributed by atoms with E-state index in [0.29, 0.717) is 19.8 Å². The molecule has 0 rings (SSSR count). The van der Waals surface area contributed by atoms with Crippen LogP contribution in [-0.2, 0) is 18.1 Å². The van der Waals surface area contributed by atoms with Crippen molar-refractivity contribution in [2.24, 2.45) is 0 Å². The number of unbranched alkanes of at least 4 members (excludes halogenated alkanes) is 21. The lowest BCUT2D eigenvalue weighted by molar-refractivity contribution is 0.116. The lowest BCUT2D eigenvalue weighted by atomic mass is 10.1. The first-order valence-corrected chi connectivity index (χ1v) is 22.5. The Labute approximate surface area is 295 Å². The highest BCUT2D eigenvalue weighted by atomic mass is 31.2. The van der Waals surface area contributed by atoms with Gasteiger partial charge in [0.25, 0.3) is 0 Å². The van der Waals surface area contributed by atoms with E-state index < -0.39 is 7.82 Å². The third kappa shape index (κ3) is 33.0. The second-order valence-electron chi connectivity index (χ2n) is 13.9. The van der Waals surface area contributed by atoms with Crippen molar-refractivity contribution >= 4 is 7.82 Å². The summed E-state index contributed by atoms with van der Waals surface area (Å²) in [6, 6.07) is 0. The zero-order valence-corrected chi connectivity index (χ0v) is 33.6. The van der Waals surface area contributed by atoms with Crippen molar-refractivity contribution < 1.29 is 18.1 Å². The molecule has 0 aromatic heterocycles. The second-order valence-corrected chi connectivity index (χ2v) is 15.6. The van der Waals surface area contributed by atoms with E-state index in [0.717, 1.165) is 26.1 Å². The van der Waals surface area contributed by atoms with Gasteiger partial charge in [0.1, 0.15) is 0 Å². The van der Waals surface area contributed by atoms with Gasteiger partial charge in [-0.2, -0.15) is 0 Å². The molecule has 0 saturated heterocycles. The molecule has 284 valence electrons. The largest absolute Gasteiger partial charge is 0.474 e. The van der Waals surface area contributed by atoms with Crippen LogP contribution < -0.4 is 0 Å². The first-order valence-electron chi connectivity index (χ1n) is 21.0. The van der Waals surface area contributed by atoms with E-state index in [1.807, 2.05) is 13.8 Å². The highest BCUT2D eigenvalue weighted by Gasteiger charge is 2.25. The van der Waals surface area contributed by atoms with Gasteiger partial charge in [0.05, 0.1) is 19.8 Å². The van der Waals surface area contributed by atoms with Gasteiger partial charge in [0.15, 0.2) is 0 Å². The number of phosphoric ester groups is 1. The number of hydrogen-bond donors (Lipinski definition) is 0. The number of rotatable bonds is 40. The van der Waals surface area contributed by atoms with Gasteiger partial charge in [0, 0.05) is 6.54 Å². The predicted octanol–water partition coefficient (Wildman–Crippen LogP) is 13.0. The molecule has 0 bridgehead atoms. The Kier molecular flexibility index (Phi) is 37.3. The van der Waals surface area contributed by atoms with Crippen molar-refractivity contribution in [3.8, 4) is 0 Å². The van der Waals surface area contributed by atoms with Crippen LogP contribution in [0.4, 0.5) is 0 Å². The zero-order valence-electron chi connectivity index (χ0n) is 32.7. The van der Waals surface area contributed by atoms with Gasteiger partial charge < -0.3 is 9.80 Å². The Hall–Kier alpha value is 0.0300. The van der Waals surface area contributed by atoms with Crippen LogP contribution in [0.1, 0.15) is 202 Å². The Bertz CT molecular complexity index is 624. The lowest BCUT2D eigenvalue weighted by Gasteiger charge is -2.26. The summed E-state index contributed by atoms with van der Waals surface area (Å²) in [6.45, 7) is 18.6. The molecule has 0 aromatic rings. The Morgan fingerprint density at radius 1 is 0.340 bits per heavy atom. The highest BCUT2D eigenvalue weighted by molar-refractivity contribution is 7.48. The molecule has 0 radical (unpaired) electrons. The van der Waals surface area contributed by atoms with Crippen LogP contribution in [-0.4, -0.2) is 68.9 Å². The smallest absolute Gasteiger partial charge is 0.303 e. The monoisotopic (exact) mass is 689 g/mol. The van der Waals surface area contributed by atoms with Crippen LogP contribution in [0.5, 0.6) is 0 Å². The first-order chi connectivity index (χ1) is 23.0. The van der Waals surface area contributed by atoms with Crippen molar-refractivity contribution in [3.63, 3.8) is 0 Å². The normalized spacial score (nSPS) is 12.2. The summed E-state index contributed by atoms with van der Waals surface area (Å²) >= 11 is 0. The number of nitrogens with zero attached hydrogens (tertiary/aromatic N) is 2. The molecule has 0 spiro atoms. The fourth-order valence-electron chi connectivity index (χ4n) is 6.49. The summed E-state index contributed by atoms with van der Waals surface area (Å²) in [5.41, 5.74) is 0. The molecule has 0 amide bonds. The van der Waals surface area contributed by atoms with E-state index in [4.69, 9.17) is 13.6 Å². The van der Waals surface area contributed by atoms with Gasteiger partial charge >= 0.3 is 7.82 Å². The van der Waals surface area contributed by atoms with E-state index in [1.165, 1.54) is 180 Å². The molecule has 0 N–H and O–H groups in total. The van der Waals surface area contributed by atoms with E-state index in [1.54, 1.807) is 0 Å². The zero-order chi connectivity index (χ0) is 34.5. The fraction of sp³-hybridized carbons (Fsp3) is 1.00. The molecule has 0 aliphatic carbocycles. The van der Waals surface area contributed by atoms with Crippen molar-refractivity contribution in [3.05, 3.63) is 0 Å². The second kappa shape index (κ2) is 37.3. The maximum absolute atomic E-state index is 12.7. The molecule has 0 aromatic carbocycles. The SMILES string of the molecule is CCCCCCCCCCN(CCCCCCCCCC)CCCN(CCCCCCCCCC)CCCOP(=O)(OCC)OCC. The van der Waals surface area contributed by atoms with Gasteiger partial charge in [-0.1, -0.05) is 156 Å². The van der Waals surface area contributed by atoms with Crippen LogP contribution in [0.3, 0.4) is 0 Å². The average Bonchev–Trinajstić information content (AvgIpc) is 3.06. The standard InChI is InChI=1S/C40H85N2O4P/c1-6-11-14-17-20-23-26-29-34-41(35-30-27-24-21-18-15-12-7-2)37-32-38-42(36-31-28-25-22-19-16-13-8-3)39-33-40-46-47(43,44-9-4)45-10-5/h6-40H2,1-5H3. The molecule has 0 unspecified atom stereocenters. The van der Waals surface area contributed by atoms with Crippen LogP contribution in [0.25, 0.3) is 0 Å². The van der Waals surface area contributed by atoms with E-state index >= 15 is 0 Å². The molecule has 0 atom stereocenters. The van der Waals surface area contributed by atoms with E-state index in [-0.39, 0.29) is 0 Å². The fourth-order valence-corrected chi connectivity index (χ4v) is 7.70. The van der Waals surface area contributed by atoms with E-state index in [2.05, 4.69) is 30.6 Å². The van der Waals surface area contributed by atoms with Crippen molar-refractivity contribution in [1.82, 2.24) is 9.80 Å². The van der Waals surface area contributed by atoms with Crippen LogP contribution in [0, 0.1) is 0 Å². The van der Waals surface area contributed by atoms with E-state index in [9.17, 15) is 4.57 Å². The van der Waals surface area contributed by atoms with Gasteiger partial charge in [-0.25, -0.2) is 4.57 Å². The Balaban J connectivity index is 4.80. The molecule has 0 aliphatic rings. The number of phosphoric acid groups is 1. The minimum absolute atomic E-state index is 0.330. The van der Waals surface area contributed by atoms with Crippen molar-refractivity contribution in [1.29, 1.82) is 0 Å². The Morgan fingerprint density at radius 2 is 0.617 bits per heavy atom. The highest BCUT2D eigenvalue weighted by Crippen LogP contribution is 2.49. The molecule has 47 heavy (non-hydrogen) atoms. The molecular formula is C40H85N2O4P. The summed E-state index contributed by atoms with van der Waals surface area (Å²) in [6.07, 6.45) is 35.2. The summed E-state index contributed by atoms with van der Waals surface area (Å²) in [7, 11) is -3.43. The van der Waals surface area contributed by atoms with Crippen LogP contribution in [0.15, 0.2) is 0 Å². The molecule has 6 nitrogen and oxygen atoms in total. The summed E-state index contributed by atoms with van der Waals surface area (Å²) < 4.78 is 29.0. The third-order valence-corrected chi connectivity index (χ3v) is 11.0. The topological polar surface area (TPSA) is 51.2 Å². The van der Waals surface area contributed by atoms with Gasteiger partial charge in [-0.05, 0) is 78.7 Å². The first kappa shape index (κ1) is 47.0. The lowest BCUT2D eigenvalue weighted by Crippen LogP contribution is -2.33. The van der Waals surface area contributed by atoms with Crippen LogP contribution >= 0.6 is 7.82 Å². The summed E-state index contributed by atoms with van der Waals surface area (Å²) in [5.74, 6) is 0. The van der Waals surface area contributed by atoms with Crippen LogP contribution in [0.2, 0.25) is 0 Å². The molecule has 0 fully saturated rings. The molecule has 0 heterocycles. The maximum atomic E-state index is 12.7. The molecular weight excluding hydrogens is 603 g/mol. The predicted molar refractivity (Wildman–Crippen MR) is 207 cm³/mol. The third-order valence-electron chi connectivity index (χ3n) is 9.37. The molecule has 0 saturated carbocycles. The number of hydrogen-bond acceptors (Lipinski definition) is 6. The minimum Gasteiger partial charge on any atom is -0.303 e. The molecule has 0 aliphatic heterocycles. The minimum atomic E-state index is -3.43. The van der Waals surface area contributed by atoms with Crippen molar-refractivity contribution in [2.45, 2.75) is 202 Å². The van der Waals surface area contributed by atoms with Gasteiger partial charge in [-0.3, -0.25) is 13.6 Å². The van der Waals surface area contributed by atoms with Crippen molar-refractivity contribution in [2.75, 3.05) is 59.1 Å². The maximum Gasteiger partial charge on any atom is 0.474 e. The average molecular weight is 689 g/mol.